The van der Waals surface area contributed by atoms with Gasteiger partial charge in [-0.2, -0.15) is 0 Å². The first kappa shape index (κ1) is 17.6. The lowest BCUT2D eigenvalue weighted by Gasteiger charge is -2.09. The minimum atomic E-state index is -3.63. The predicted octanol–water partition coefficient (Wildman–Crippen LogP) is 2.63. The summed E-state index contributed by atoms with van der Waals surface area (Å²) in [4.78, 5) is 19.9. The lowest BCUT2D eigenvalue weighted by molar-refractivity contribution is 0.251. The molecule has 0 aliphatic rings. The molecule has 2 aromatic heterocycles. The van der Waals surface area contributed by atoms with Gasteiger partial charge < -0.3 is 10.6 Å². The number of amides is 2. The number of hydrogen-bond donors (Lipinski definition) is 2. The van der Waals surface area contributed by atoms with Crippen LogP contribution in [0.2, 0.25) is 0 Å². The molecule has 3 rings (SSSR count). The van der Waals surface area contributed by atoms with Gasteiger partial charge in [0, 0.05) is 37.0 Å². The van der Waals surface area contributed by atoms with E-state index >= 15 is 0 Å². The molecule has 0 saturated carbocycles. The largest absolute Gasteiger partial charge is 0.334 e. The summed E-state index contributed by atoms with van der Waals surface area (Å²) < 4.78 is 25.0. The highest BCUT2D eigenvalue weighted by Crippen LogP contribution is 2.21. The lowest BCUT2D eigenvalue weighted by Crippen LogP contribution is -2.28. The molecule has 2 N–H and O–H groups in total. The summed E-state index contributed by atoms with van der Waals surface area (Å²) in [6.07, 6.45) is 6.11. The van der Waals surface area contributed by atoms with Gasteiger partial charge >= 0.3 is 6.03 Å². The fraction of sp³-hybridized carbons (Fsp3) is 0.0556. The molecule has 0 fully saturated rings. The predicted molar refractivity (Wildman–Crippen MR) is 96.2 cm³/mol. The number of carbonyl (C=O) groups excluding carboxylic acids is 1. The van der Waals surface area contributed by atoms with E-state index in [1.807, 2.05) is 0 Å². The van der Waals surface area contributed by atoms with Crippen molar-refractivity contribution in [3.05, 3.63) is 78.9 Å². The van der Waals surface area contributed by atoms with Crippen molar-refractivity contribution in [3.8, 4) is 0 Å². The van der Waals surface area contributed by atoms with Crippen LogP contribution in [0.15, 0.2) is 83.1 Å². The molecule has 0 unspecified atom stereocenters. The summed E-state index contributed by atoms with van der Waals surface area (Å²) >= 11 is 0. The molecule has 0 bridgehead atoms. The molecule has 0 atom stereocenters. The SMILES string of the molecule is O=C(NCc1ccncc1)Nc1ccc(S(=O)(=O)c2cccnc2)cc1. The van der Waals surface area contributed by atoms with Crippen LogP contribution in [-0.4, -0.2) is 24.4 Å². The van der Waals surface area contributed by atoms with Gasteiger partial charge in [0.05, 0.1) is 9.79 Å². The molecule has 0 aliphatic heterocycles. The minimum absolute atomic E-state index is 0.121. The van der Waals surface area contributed by atoms with Crippen LogP contribution in [-0.2, 0) is 16.4 Å². The van der Waals surface area contributed by atoms with Gasteiger partial charge in [0.1, 0.15) is 0 Å². The first-order valence-electron chi connectivity index (χ1n) is 7.75. The van der Waals surface area contributed by atoms with Gasteiger partial charge in [0.25, 0.3) is 0 Å². The van der Waals surface area contributed by atoms with Gasteiger partial charge in [-0.3, -0.25) is 9.97 Å². The van der Waals surface area contributed by atoms with E-state index in [-0.39, 0.29) is 15.8 Å². The molecule has 1 aromatic carbocycles. The number of pyridine rings is 2. The average molecular weight is 368 g/mol. The van der Waals surface area contributed by atoms with E-state index in [1.165, 1.54) is 42.7 Å². The average Bonchev–Trinajstić information content (AvgIpc) is 2.68. The third kappa shape index (κ3) is 4.22. The zero-order valence-electron chi connectivity index (χ0n) is 13.7. The summed E-state index contributed by atoms with van der Waals surface area (Å²) in [5.41, 5.74) is 1.41. The number of urea groups is 1. The highest BCUT2D eigenvalue weighted by atomic mass is 32.2. The number of anilines is 1. The summed E-state index contributed by atoms with van der Waals surface area (Å²) in [5.74, 6) is 0. The van der Waals surface area contributed by atoms with Crippen LogP contribution in [0.1, 0.15) is 5.56 Å². The van der Waals surface area contributed by atoms with Crippen molar-refractivity contribution in [1.82, 2.24) is 15.3 Å². The Morgan fingerprint density at radius 3 is 2.27 bits per heavy atom. The first-order chi connectivity index (χ1) is 12.6. The summed E-state index contributed by atoms with van der Waals surface area (Å²) in [6, 6.07) is 12.2. The number of benzene rings is 1. The van der Waals surface area contributed by atoms with Gasteiger partial charge in [-0.05, 0) is 54.1 Å². The molecular formula is C18H16N4O3S. The Hall–Kier alpha value is -3.26. The van der Waals surface area contributed by atoms with E-state index in [2.05, 4.69) is 20.6 Å². The van der Waals surface area contributed by atoms with Gasteiger partial charge in [0.2, 0.25) is 9.84 Å². The molecule has 2 heterocycles. The number of aromatic nitrogens is 2. The molecule has 0 saturated heterocycles. The van der Waals surface area contributed by atoms with Gasteiger partial charge in [-0.25, -0.2) is 13.2 Å². The number of nitrogens with one attached hydrogen (secondary N) is 2. The molecule has 0 aliphatic carbocycles. The highest BCUT2D eigenvalue weighted by molar-refractivity contribution is 7.91. The maximum absolute atomic E-state index is 12.5. The van der Waals surface area contributed by atoms with Crippen molar-refractivity contribution >= 4 is 21.6 Å². The lowest BCUT2D eigenvalue weighted by atomic mass is 10.3. The third-order valence-corrected chi connectivity index (χ3v) is 5.32. The second-order valence-corrected chi connectivity index (χ2v) is 7.33. The van der Waals surface area contributed by atoms with Gasteiger partial charge in [-0.15, -0.1) is 0 Å². The van der Waals surface area contributed by atoms with E-state index in [0.717, 1.165) is 5.56 Å². The van der Waals surface area contributed by atoms with Crippen molar-refractivity contribution in [2.24, 2.45) is 0 Å². The molecule has 8 heteroatoms. The molecular weight excluding hydrogens is 352 g/mol. The van der Waals surface area contributed by atoms with Crippen LogP contribution in [0.5, 0.6) is 0 Å². The fourth-order valence-corrected chi connectivity index (χ4v) is 3.44. The minimum Gasteiger partial charge on any atom is -0.334 e. The molecule has 26 heavy (non-hydrogen) atoms. The second-order valence-electron chi connectivity index (χ2n) is 5.38. The van der Waals surface area contributed by atoms with Crippen LogP contribution < -0.4 is 10.6 Å². The zero-order chi connectivity index (χ0) is 18.4. The standard InChI is InChI=1S/C18H16N4O3S/c23-18(21-12-14-7-10-19-11-8-14)22-15-3-5-16(6-4-15)26(24,25)17-2-1-9-20-13-17/h1-11,13H,12H2,(H2,21,22,23). The Kier molecular flexibility index (Phi) is 5.23. The van der Waals surface area contributed by atoms with Gasteiger partial charge in [-0.1, -0.05) is 0 Å². The number of hydrogen-bond acceptors (Lipinski definition) is 5. The van der Waals surface area contributed by atoms with E-state index in [4.69, 9.17) is 0 Å². The second kappa shape index (κ2) is 7.75. The Morgan fingerprint density at radius 2 is 1.62 bits per heavy atom. The molecule has 7 nitrogen and oxygen atoms in total. The number of sulfone groups is 1. The van der Waals surface area contributed by atoms with E-state index in [0.29, 0.717) is 12.2 Å². The first-order valence-corrected chi connectivity index (χ1v) is 9.23. The van der Waals surface area contributed by atoms with Crippen LogP contribution >= 0.6 is 0 Å². The molecule has 2 amide bonds. The topological polar surface area (TPSA) is 101 Å². The smallest absolute Gasteiger partial charge is 0.319 e. The van der Waals surface area contributed by atoms with Crippen LogP contribution in [0, 0.1) is 0 Å². The van der Waals surface area contributed by atoms with E-state index < -0.39 is 9.84 Å². The van der Waals surface area contributed by atoms with Crippen molar-refractivity contribution in [2.75, 3.05) is 5.32 Å². The van der Waals surface area contributed by atoms with Crippen LogP contribution in [0.4, 0.5) is 10.5 Å². The van der Waals surface area contributed by atoms with Crippen LogP contribution in [0.3, 0.4) is 0 Å². The maximum Gasteiger partial charge on any atom is 0.319 e. The van der Waals surface area contributed by atoms with Crippen LogP contribution in [0.25, 0.3) is 0 Å². The quantitative estimate of drug-likeness (QED) is 0.721. The van der Waals surface area contributed by atoms with Crippen molar-refractivity contribution < 1.29 is 13.2 Å². The summed E-state index contributed by atoms with van der Waals surface area (Å²) in [6.45, 7) is 0.363. The van der Waals surface area contributed by atoms with Gasteiger partial charge in [0.15, 0.2) is 0 Å². The number of rotatable bonds is 5. The summed E-state index contributed by atoms with van der Waals surface area (Å²) in [7, 11) is -3.63. The number of nitrogens with zero attached hydrogens (tertiary/aromatic N) is 2. The number of carbonyl (C=O) groups is 1. The molecule has 132 valence electrons. The Labute approximate surface area is 151 Å². The highest BCUT2D eigenvalue weighted by Gasteiger charge is 2.17. The maximum atomic E-state index is 12.5. The summed E-state index contributed by atoms with van der Waals surface area (Å²) in [5, 5.41) is 5.37. The van der Waals surface area contributed by atoms with Crippen molar-refractivity contribution in [3.63, 3.8) is 0 Å². The Bertz CT molecular complexity index is 976. The van der Waals surface area contributed by atoms with E-state index in [1.54, 1.807) is 30.6 Å². The third-order valence-electron chi connectivity index (χ3n) is 3.57. The monoisotopic (exact) mass is 368 g/mol. The zero-order valence-corrected chi connectivity index (χ0v) is 14.5. The molecule has 0 radical (unpaired) electrons. The normalized spacial score (nSPS) is 10.9. The Morgan fingerprint density at radius 1 is 0.885 bits per heavy atom. The fourth-order valence-electron chi connectivity index (χ4n) is 2.22. The van der Waals surface area contributed by atoms with E-state index in [9.17, 15) is 13.2 Å². The van der Waals surface area contributed by atoms with Crippen molar-refractivity contribution in [1.29, 1.82) is 0 Å². The molecule has 0 spiro atoms. The Balaban J connectivity index is 1.63. The molecule has 3 aromatic rings. The van der Waals surface area contributed by atoms with Crippen molar-refractivity contribution in [2.45, 2.75) is 16.3 Å².